The first-order chi connectivity index (χ1) is 16.9. The average Bonchev–Trinajstić information content (AvgIpc) is 2.87. The molecular weight excluding hydrogens is 450 g/mol. The van der Waals surface area contributed by atoms with E-state index in [1.54, 1.807) is 24.3 Å². The second kappa shape index (κ2) is 12.1. The molecule has 0 bridgehead atoms. The van der Waals surface area contributed by atoms with Crippen molar-refractivity contribution in [1.82, 2.24) is 5.43 Å². The first kappa shape index (κ1) is 25.1. The van der Waals surface area contributed by atoms with E-state index in [9.17, 15) is 19.7 Å². The van der Waals surface area contributed by atoms with Crippen LogP contribution >= 0.6 is 0 Å². The normalized spacial score (nSPS) is 11.6. The number of nitro groups is 1. The van der Waals surface area contributed by atoms with E-state index in [0.717, 1.165) is 6.42 Å². The van der Waals surface area contributed by atoms with Gasteiger partial charge in [0.25, 0.3) is 11.6 Å². The van der Waals surface area contributed by atoms with Gasteiger partial charge in [-0.1, -0.05) is 38.1 Å². The van der Waals surface area contributed by atoms with E-state index >= 15 is 0 Å². The molecule has 1 unspecified atom stereocenters. The molecule has 0 saturated heterocycles. The number of amides is 1. The SMILES string of the molecule is CCC(C)c1ccc(OCC(=O)NN=Cc2cccc(OC(=O)c3ccc([N+](=O)[O-])cc3)c2)cc1. The van der Waals surface area contributed by atoms with Crippen molar-refractivity contribution in [3.8, 4) is 11.5 Å². The zero-order valence-electron chi connectivity index (χ0n) is 19.3. The standard InChI is InChI=1S/C26H25N3O6/c1-3-18(2)20-9-13-23(14-10-20)34-17-25(30)28-27-16-19-5-4-6-24(15-19)35-26(31)21-7-11-22(12-8-21)29(32)33/h4-16,18H,3,17H2,1-2H3,(H,28,30). The number of ether oxygens (including phenoxy) is 2. The van der Waals surface area contributed by atoms with Crippen LogP contribution < -0.4 is 14.9 Å². The zero-order valence-corrected chi connectivity index (χ0v) is 19.3. The molecule has 3 rings (SSSR count). The van der Waals surface area contributed by atoms with E-state index in [1.165, 1.54) is 36.0 Å². The van der Waals surface area contributed by atoms with Crippen LogP contribution in [0.4, 0.5) is 5.69 Å². The van der Waals surface area contributed by atoms with E-state index in [1.807, 2.05) is 24.3 Å². The molecule has 9 heteroatoms. The highest BCUT2D eigenvalue weighted by atomic mass is 16.6. The number of nitrogens with zero attached hydrogens (tertiary/aromatic N) is 2. The van der Waals surface area contributed by atoms with Crippen LogP contribution in [0.25, 0.3) is 0 Å². The van der Waals surface area contributed by atoms with Gasteiger partial charge in [-0.25, -0.2) is 10.2 Å². The number of carbonyl (C=O) groups is 2. The number of esters is 1. The molecule has 0 saturated carbocycles. The van der Waals surface area contributed by atoms with Crippen molar-refractivity contribution in [2.45, 2.75) is 26.2 Å². The van der Waals surface area contributed by atoms with Crippen molar-refractivity contribution >= 4 is 23.8 Å². The summed E-state index contributed by atoms with van der Waals surface area (Å²) in [7, 11) is 0. The van der Waals surface area contributed by atoms with Gasteiger partial charge in [0.15, 0.2) is 6.61 Å². The van der Waals surface area contributed by atoms with Crippen LogP contribution in [0.3, 0.4) is 0 Å². The predicted molar refractivity (Wildman–Crippen MR) is 131 cm³/mol. The largest absolute Gasteiger partial charge is 0.484 e. The molecule has 0 aliphatic rings. The maximum Gasteiger partial charge on any atom is 0.343 e. The van der Waals surface area contributed by atoms with Crippen molar-refractivity contribution < 1.29 is 24.0 Å². The Morgan fingerprint density at radius 2 is 1.77 bits per heavy atom. The lowest BCUT2D eigenvalue weighted by atomic mass is 9.99. The molecule has 0 spiro atoms. The fourth-order valence-electron chi connectivity index (χ4n) is 3.03. The second-order valence-corrected chi connectivity index (χ2v) is 7.73. The van der Waals surface area contributed by atoms with E-state index in [-0.39, 0.29) is 23.6 Å². The molecule has 1 amide bonds. The number of benzene rings is 3. The number of rotatable bonds is 10. The van der Waals surface area contributed by atoms with Gasteiger partial charge in [0, 0.05) is 12.1 Å². The Labute approximate surface area is 202 Å². The lowest BCUT2D eigenvalue weighted by Gasteiger charge is -2.10. The minimum absolute atomic E-state index is 0.119. The smallest absolute Gasteiger partial charge is 0.343 e. The number of hydrogen-bond acceptors (Lipinski definition) is 7. The van der Waals surface area contributed by atoms with Gasteiger partial charge in [-0.15, -0.1) is 0 Å². The van der Waals surface area contributed by atoms with Crippen LogP contribution in [-0.2, 0) is 4.79 Å². The van der Waals surface area contributed by atoms with Crippen LogP contribution in [0.2, 0.25) is 0 Å². The number of hydrogen-bond donors (Lipinski definition) is 1. The van der Waals surface area contributed by atoms with Gasteiger partial charge in [0.1, 0.15) is 11.5 Å². The summed E-state index contributed by atoms with van der Waals surface area (Å²) in [6, 6.07) is 19.3. The molecule has 1 N–H and O–H groups in total. The van der Waals surface area contributed by atoms with Crippen molar-refractivity contribution in [3.05, 3.63) is 99.6 Å². The maximum atomic E-state index is 12.3. The summed E-state index contributed by atoms with van der Waals surface area (Å²) < 4.78 is 10.8. The van der Waals surface area contributed by atoms with Crippen LogP contribution in [0.15, 0.2) is 77.9 Å². The van der Waals surface area contributed by atoms with Gasteiger partial charge in [0.05, 0.1) is 16.7 Å². The minimum atomic E-state index is -0.656. The highest BCUT2D eigenvalue weighted by Gasteiger charge is 2.12. The number of nitrogens with one attached hydrogen (secondary N) is 1. The molecule has 0 radical (unpaired) electrons. The third kappa shape index (κ3) is 7.50. The molecule has 0 fully saturated rings. The summed E-state index contributed by atoms with van der Waals surface area (Å²) in [5, 5.41) is 14.6. The summed E-state index contributed by atoms with van der Waals surface area (Å²) >= 11 is 0. The monoisotopic (exact) mass is 475 g/mol. The van der Waals surface area contributed by atoms with Crippen LogP contribution in [-0.4, -0.2) is 29.6 Å². The van der Waals surface area contributed by atoms with Gasteiger partial charge in [-0.3, -0.25) is 14.9 Å². The summed E-state index contributed by atoms with van der Waals surface area (Å²) in [5.41, 5.74) is 4.24. The van der Waals surface area contributed by atoms with Gasteiger partial charge < -0.3 is 9.47 Å². The molecule has 0 aliphatic heterocycles. The van der Waals surface area contributed by atoms with Gasteiger partial charge in [0.2, 0.25) is 0 Å². The molecule has 3 aromatic carbocycles. The first-order valence-corrected chi connectivity index (χ1v) is 11.0. The second-order valence-electron chi connectivity index (χ2n) is 7.73. The molecule has 0 heterocycles. The Kier molecular flexibility index (Phi) is 8.66. The minimum Gasteiger partial charge on any atom is -0.484 e. The summed E-state index contributed by atoms with van der Waals surface area (Å²) in [4.78, 5) is 34.4. The maximum absolute atomic E-state index is 12.3. The molecular formula is C26H25N3O6. The molecule has 9 nitrogen and oxygen atoms in total. The molecule has 180 valence electrons. The predicted octanol–water partition coefficient (Wildman–Crippen LogP) is 4.86. The molecule has 35 heavy (non-hydrogen) atoms. The highest BCUT2D eigenvalue weighted by molar-refractivity contribution is 5.91. The lowest BCUT2D eigenvalue weighted by Crippen LogP contribution is -2.24. The summed E-state index contributed by atoms with van der Waals surface area (Å²) in [5.74, 6) is 0.238. The molecule has 0 aromatic heterocycles. The zero-order chi connectivity index (χ0) is 25.2. The van der Waals surface area contributed by atoms with Crippen molar-refractivity contribution in [2.75, 3.05) is 6.61 Å². The van der Waals surface area contributed by atoms with Crippen LogP contribution in [0.5, 0.6) is 11.5 Å². The van der Waals surface area contributed by atoms with E-state index in [4.69, 9.17) is 9.47 Å². The van der Waals surface area contributed by atoms with Crippen molar-refractivity contribution in [2.24, 2.45) is 5.10 Å². The van der Waals surface area contributed by atoms with Crippen molar-refractivity contribution in [3.63, 3.8) is 0 Å². The Morgan fingerprint density at radius 3 is 2.43 bits per heavy atom. The molecule has 3 aromatic rings. The summed E-state index contributed by atoms with van der Waals surface area (Å²) in [6.45, 7) is 4.09. The average molecular weight is 476 g/mol. The lowest BCUT2D eigenvalue weighted by molar-refractivity contribution is -0.384. The third-order valence-corrected chi connectivity index (χ3v) is 5.22. The van der Waals surface area contributed by atoms with Crippen LogP contribution in [0, 0.1) is 10.1 Å². The van der Waals surface area contributed by atoms with E-state index in [0.29, 0.717) is 17.2 Å². The number of non-ortho nitro benzene ring substituents is 1. The van der Waals surface area contributed by atoms with E-state index in [2.05, 4.69) is 24.4 Å². The Hall–Kier alpha value is -4.53. The summed E-state index contributed by atoms with van der Waals surface area (Å²) in [6.07, 6.45) is 2.45. The molecule has 0 aliphatic carbocycles. The van der Waals surface area contributed by atoms with Crippen LogP contribution in [0.1, 0.15) is 47.7 Å². The quantitative estimate of drug-likeness (QED) is 0.147. The van der Waals surface area contributed by atoms with Gasteiger partial charge in [-0.2, -0.15) is 5.10 Å². The molecule has 1 atom stereocenters. The van der Waals surface area contributed by atoms with Gasteiger partial charge in [-0.05, 0) is 59.9 Å². The Morgan fingerprint density at radius 1 is 1.06 bits per heavy atom. The Balaban J connectivity index is 1.49. The fourth-order valence-corrected chi connectivity index (χ4v) is 3.03. The topological polar surface area (TPSA) is 120 Å². The Bertz CT molecular complexity index is 1210. The van der Waals surface area contributed by atoms with Gasteiger partial charge >= 0.3 is 5.97 Å². The third-order valence-electron chi connectivity index (χ3n) is 5.22. The number of carbonyl (C=O) groups excluding carboxylic acids is 2. The first-order valence-electron chi connectivity index (χ1n) is 11.0. The number of hydrazone groups is 1. The van der Waals surface area contributed by atoms with E-state index < -0.39 is 16.8 Å². The van der Waals surface area contributed by atoms with Crippen molar-refractivity contribution in [1.29, 1.82) is 0 Å². The highest BCUT2D eigenvalue weighted by Crippen LogP contribution is 2.21. The number of nitro benzene ring substituents is 1. The fraction of sp³-hybridized carbons (Fsp3) is 0.192.